The highest BCUT2D eigenvalue weighted by atomic mass is 16.6. The van der Waals surface area contributed by atoms with Gasteiger partial charge >= 0.3 is 23.9 Å². The molecule has 0 aromatic rings. The SMILES string of the molecule is C=CC(=O)OC(CC)COC(=O)C1CCCCC1C(=O)OCC(CC)OC(=O)C=C. The van der Waals surface area contributed by atoms with Gasteiger partial charge in [0.1, 0.15) is 25.4 Å². The van der Waals surface area contributed by atoms with E-state index in [0.29, 0.717) is 25.7 Å². The van der Waals surface area contributed by atoms with Gasteiger partial charge in [0.2, 0.25) is 0 Å². The summed E-state index contributed by atoms with van der Waals surface area (Å²) in [5, 5.41) is 0. The summed E-state index contributed by atoms with van der Waals surface area (Å²) in [6.07, 6.45) is 4.56. The molecule has 0 heterocycles. The standard InChI is InChI=1S/C22H32O8/c1-5-15(29-19(23)7-3)13-27-21(25)17-11-9-10-12-18(17)22(26)28-14-16(6-2)30-20(24)8-4/h7-8,15-18H,3-6,9-14H2,1-2H3. The van der Waals surface area contributed by atoms with Gasteiger partial charge in [-0.3, -0.25) is 9.59 Å². The average Bonchev–Trinajstić information content (AvgIpc) is 2.78. The van der Waals surface area contributed by atoms with Crippen LogP contribution in [0.3, 0.4) is 0 Å². The summed E-state index contributed by atoms with van der Waals surface area (Å²) in [6.45, 7) is 10.1. The molecule has 0 N–H and O–H groups in total. The van der Waals surface area contributed by atoms with Crippen LogP contribution in [0.25, 0.3) is 0 Å². The summed E-state index contributed by atoms with van der Waals surface area (Å²) < 4.78 is 20.9. The van der Waals surface area contributed by atoms with Crippen molar-refractivity contribution in [2.75, 3.05) is 13.2 Å². The minimum Gasteiger partial charge on any atom is -0.462 e. The molecule has 0 aromatic heterocycles. The Kier molecular flexibility index (Phi) is 11.5. The van der Waals surface area contributed by atoms with E-state index < -0.39 is 47.9 Å². The maximum Gasteiger partial charge on any atom is 0.330 e. The van der Waals surface area contributed by atoms with Crippen molar-refractivity contribution in [3.05, 3.63) is 25.3 Å². The minimum absolute atomic E-state index is 0.0808. The largest absolute Gasteiger partial charge is 0.462 e. The van der Waals surface area contributed by atoms with Crippen molar-refractivity contribution in [1.82, 2.24) is 0 Å². The lowest BCUT2D eigenvalue weighted by molar-refractivity contribution is -0.169. The fourth-order valence-electron chi connectivity index (χ4n) is 3.15. The molecule has 8 nitrogen and oxygen atoms in total. The predicted octanol–water partition coefficient (Wildman–Crippen LogP) is 2.89. The van der Waals surface area contributed by atoms with E-state index in [-0.39, 0.29) is 13.2 Å². The molecule has 0 aromatic carbocycles. The maximum absolute atomic E-state index is 12.6. The van der Waals surface area contributed by atoms with Gasteiger partial charge < -0.3 is 18.9 Å². The molecule has 8 heteroatoms. The van der Waals surface area contributed by atoms with E-state index in [1.807, 2.05) is 0 Å². The molecule has 1 saturated carbocycles. The molecule has 168 valence electrons. The van der Waals surface area contributed by atoms with Crippen molar-refractivity contribution in [2.24, 2.45) is 11.8 Å². The van der Waals surface area contributed by atoms with Crippen LogP contribution in [-0.4, -0.2) is 49.3 Å². The highest BCUT2D eigenvalue weighted by molar-refractivity contribution is 5.83. The quantitative estimate of drug-likeness (QED) is 0.267. The molecule has 1 aliphatic rings. The molecule has 0 bridgehead atoms. The molecule has 1 fully saturated rings. The summed E-state index contributed by atoms with van der Waals surface area (Å²) in [5.74, 6) is -3.41. The van der Waals surface area contributed by atoms with E-state index in [1.54, 1.807) is 13.8 Å². The van der Waals surface area contributed by atoms with Gasteiger partial charge in [0.05, 0.1) is 11.8 Å². The minimum atomic E-state index is -0.616. The fourth-order valence-corrected chi connectivity index (χ4v) is 3.15. The van der Waals surface area contributed by atoms with Crippen molar-refractivity contribution in [2.45, 2.75) is 64.6 Å². The van der Waals surface area contributed by atoms with Crippen molar-refractivity contribution in [3.63, 3.8) is 0 Å². The Morgan fingerprint density at radius 1 is 0.800 bits per heavy atom. The van der Waals surface area contributed by atoms with E-state index in [4.69, 9.17) is 18.9 Å². The fraction of sp³-hybridized carbons (Fsp3) is 0.636. The first-order chi connectivity index (χ1) is 14.4. The van der Waals surface area contributed by atoms with Gasteiger partial charge in [-0.05, 0) is 25.7 Å². The number of carbonyl (C=O) groups is 4. The van der Waals surface area contributed by atoms with Crippen LogP contribution in [-0.2, 0) is 38.1 Å². The van der Waals surface area contributed by atoms with Gasteiger partial charge in [-0.1, -0.05) is 39.8 Å². The molecule has 1 aliphatic carbocycles. The second-order valence-electron chi connectivity index (χ2n) is 7.10. The van der Waals surface area contributed by atoms with Crippen LogP contribution < -0.4 is 0 Å². The first-order valence-electron chi connectivity index (χ1n) is 10.3. The third-order valence-corrected chi connectivity index (χ3v) is 5.00. The molecule has 1 rings (SSSR count). The van der Waals surface area contributed by atoms with Crippen LogP contribution in [0.15, 0.2) is 25.3 Å². The van der Waals surface area contributed by atoms with Crippen LogP contribution in [0.2, 0.25) is 0 Å². The predicted molar refractivity (Wildman–Crippen MR) is 108 cm³/mol. The Hall–Kier alpha value is -2.64. The molecule has 4 atom stereocenters. The molecule has 0 aliphatic heterocycles. The second kappa shape index (κ2) is 13.6. The highest BCUT2D eigenvalue weighted by Gasteiger charge is 2.38. The van der Waals surface area contributed by atoms with Crippen molar-refractivity contribution in [3.8, 4) is 0 Å². The van der Waals surface area contributed by atoms with E-state index in [1.165, 1.54) is 0 Å². The van der Waals surface area contributed by atoms with Crippen molar-refractivity contribution >= 4 is 23.9 Å². The molecular formula is C22H32O8. The first-order valence-corrected chi connectivity index (χ1v) is 10.3. The Morgan fingerprint density at radius 3 is 1.47 bits per heavy atom. The molecule has 0 amide bonds. The number of ether oxygens (including phenoxy) is 4. The first kappa shape index (κ1) is 25.4. The third-order valence-electron chi connectivity index (χ3n) is 5.00. The number of esters is 4. The number of hydrogen-bond donors (Lipinski definition) is 0. The van der Waals surface area contributed by atoms with E-state index in [0.717, 1.165) is 25.0 Å². The Bertz CT molecular complexity index is 573. The monoisotopic (exact) mass is 424 g/mol. The molecule has 0 radical (unpaired) electrons. The van der Waals surface area contributed by atoms with Crippen molar-refractivity contribution < 1.29 is 38.1 Å². The molecule has 0 spiro atoms. The van der Waals surface area contributed by atoms with Gasteiger partial charge in [-0.2, -0.15) is 0 Å². The summed E-state index contributed by atoms with van der Waals surface area (Å²) in [6, 6.07) is 0. The van der Waals surface area contributed by atoms with Crippen LogP contribution in [0, 0.1) is 11.8 Å². The summed E-state index contributed by atoms with van der Waals surface area (Å²) in [5.41, 5.74) is 0. The van der Waals surface area contributed by atoms with Crippen molar-refractivity contribution in [1.29, 1.82) is 0 Å². The lowest BCUT2D eigenvalue weighted by Crippen LogP contribution is -2.37. The zero-order valence-electron chi connectivity index (χ0n) is 17.8. The number of rotatable bonds is 12. The summed E-state index contributed by atoms with van der Waals surface area (Å²) >= 11 is 0. The highest BCUT2D eigenvalue weighted by Crippen LogP contribution is 2.32. The van der Waals surface area contributed by atoms with Gasteiger partial charge in [0.25, 0.3) is 0 Å². The molecule has 30 heavy (non-hydrogen) atoms. The Labute approximate surface area is 177 Å². The zero-order valence-corrected chi connectivity index (χ0v) is 17.8. The van der Waals surface area contributed by atoms with E-state index in [2.05, 4.69) is 13.2 Å². The van der Waals surface area contributed by atoms with Gasteiger partial charge in [0.15, 0.2) is 0 Å². The zero-order chi connectivity index (χ0) is 22.5. The second-order valence-corrected chi connectivity index (χ2v) is 7.10. The maximum atomic E-state index is 12.6. The number of hydrogen-bond acceptors (Lipinski definition) is 8. The smallest absolute Gasteiger partial charge is 0.330 e. The van der Waals surface area contributed by atoms with Crippen LogP contribution >= 0.6 is 0 Å². The third kappa shape index (κ3) is 8.39. The number of carbonyl (C=O) groups excluding carboxylic acids is 4. The van der Waals surface area contributed by atoms with E-state index >= 15 is 0 Å². The van der Waals surface area contributed by atoms with Gasteiger partial charge in [-0.25, -0.2) is 9.59 Å². The van der Waals surface area contributed by atoms with Crippen LogP contribution in [0.4, 0.5) is 0 Å². The summed E-state index contributed by atoms with van der Waals surface area (Å²) in [7, 11) is 0. The average molecular weight is 424 g/mol. The lowest BCUT2D eigenvalue weighted by atomic mass is 9.79. The Morgan fingerprint density at radius 2 is 1.17 bits per heavy atom. The topological polar surface area (TPSA) is 105 Å². The molecular weight excluding hydrogens is 392 g/mol. The lowest BCUT2D eigenvalue weighted by Gasteiger charge is -2.29. The normalized spacial score (nSPS) is 20.2. The Balaban J connectivity index is 2.63. The van der Waals surface area contributed by atoms with Gasteiger partial charge in [-0.15, -0.1) is 0 Å². The molecule has 4 unspecified atom stereocenters. The molecule has 0 saturated heterocycles. The van der Waals surface area contributed by atoms with Crippen LogP contribution in [0.1, 0.15) is 52.4 Å². The summed E-state index contributed by atoms with van der Waals surface area (Å²) in [4.78, 5) is 47.8. The van der Waals surface area contributed by atoms with Gasteiger partial charge in [0, 0.05) is 12.2 Å². The van der Waals surface area contributed by atoms with Crippen LogP contribution in [0.5, 0.6) is 0 Å². The van der Waals surface area contributed by atoms with E-state index in [9.17, 15) is 19.2 Å².